The molecule has 0 saturated heterocycles. The van der Waals surface area contributed by atoms with Gasteiger partial charge in [0, 0.05) is 0 Å². The van der Waals surface area contributed by atoms with E-state index in [1.54, 1.807) is 25.1 Å². The van der Waals surface area contributed by atoms with E-state index >= 15 is 0 Å². The van der Waals surface area contributed by atoms with Crippen LogP contribution in [0.15, 0.2) is 58.2 Å². The molecule has 0 unspecified atom stereocenters. The number of thioether (sulfide) groups is 1. The molecule has 2 aromatic carbocycles. The highest BCUT2D eigenvalue weighted by atomic mass is 32.2. The van der Waals surface area contributed by atoms with E-state index in [4.69, 9.17) is 9.15 Å². The Kier molecular flexibility index (Phi) is 6.30. The van der Waals surface area contributed by atoms with Gasteiger partial charge in [0.2, 0.25) is 0 Å². The number of oxazole rings is 1. The zero-order valence-electron chi connectivity index (χ0n) is 15.3. The molecule has 1 amide bonds. The van der Waals surface area contributed by atoms with Crippen LogP contribution in [-0.2, 0) is 14.3 Å². The Morgan fingerprint density at radius 3 is 2.61 bits per heavy atom. The first kappa shape index (κ1) is 19.9. The molecule has 0 bridgehead atoms. The second-order valence-electron chi connectivity index (χ2n) is 6.15. The van der Waals surface area contributed by atoms with Gasteiger partial charge in [0.15, 0.2) is 11.7 Å². The number of benzene rings is 2. The van der Waals surface area contributed by atoms with Gasteiger partial charge in [-0.1, -0.05) is 36.0 Å². The molecule has 146 valence electrons. The maximum Gasteiger partial charge on any atom is 0.317 e. The Balaban J connectivity index is 1.47. The number of nitrogens with zero attached hydrogens (tertiary/aromatic N) is 1. The van der Waals surface area contributed by atoms with Crippen molar-refractivity contribution in [1.82, 2.24) is 10.3 Å². The third-order valence-electron chi connectivity index (χ3n) is 3.99. The fourth-order valence-corrected chi connectivity index (χ4v) is 3.10. The molecule has 28 heavy (non-hydrogen) atoms. The van der Waals surface area contributed by atoms with Crippen LogP contribution in [0, 0.1) is 5.82 Å². The molecule has 0 aliphatic rings. The minimum Gasteiger partial charge on any atom is -0.452 e. The molecule has 0 radical (unpaired) electrons. The summed E-state index contributed by atoms with van der Waals surface area (Å²) >= 11 is 1.10. The number of hydrogen-bond donors (Lipinski definition) is 1. The summed E-state index contributed by atoms with van der Waals surface area (Å²) in [6, 6.07) is 12.8. The highest BCUT2D eigenvalue weighted by Gasteiger charge is 2.20. The lowest BCUT2D eigenvalue weighted by molar-refractivity contribution is -0.152. The number of carbonyl (C=O) groups excluding carboxylic acids is 2. The van der Waals surface area contributed by atoms with Crippen molar-refractivity contribution in [2.45, 2.75) is 31.2 Å². The van der Waals surface area contributed by atoms with Crippen molar-refractivity contribution in [3.05, 3.63) is 59.9 Å². The largest absolute Gasteiger partial charge is 0.452 e. The molecule has 1 aromatic heterocycles. The molecule has 8 heteroatoms. The van der Waals surface area contributed by atoms with Gasteiger partial charge in [-0.3, -0.25) is 9.59 Å². The molecule has 0 fully saturated rings. The standard InChI is InChI=1S/C20H19FN2O4S/c1-12(14-7-9-15(21)10-8-14)22-19(25)13(2)26-18(24)11-28-20-23-16-5-3-4-6-17(16)27-20/h3-10,12-13H,11H2,1-2H3,(H,22,25)/t12-,13+/m0/s1. The van der Waals surface area contributed by atoms with E-state index in [-0.39, 0.29) is 17.6 Å². The lowest BCUT2D eigenvalue weighted by Crippen LogP contribution is -2.37. The number of fused-ring (bicyclic) bond motifs is 1. The molecule has 0 spiro atoms. The molecular weight excluding hydrogens is 383 g/mol. The quantitative estimate of drug-likeness (QED) is 0.477. The fraction of sp³-hybridized carbons (Fsp3) is 0.250. The number of nitrogens with one attached hydrogen (secondary N) is 1. The number of hydrogen-bond acceptors (Lipinski definition) is 6. The Hall–Kier alpha value is -2.87. The number of amides is 1. The lowest BCUT2D eigenvalue weighted by Gasteiger charge is -2.18. The SMILES string of the molecule is C[C@H](NC(=O)[C@@H](C)OC(=O)CSc1nc2ccccc2o1)c1ccc(F)cc1. The number of esters is 1. The summed E-state index contributed by atoms with van der Waals surface area (Å²) in [7, 11) is 0. The second-order valence-corrected chi connectivity index (χ2v) is 7.08. The molecule has 3 rings (SSSR count). The van der Waals surface area contributed by atoms with E-state index in [1.165, 1.54) is 19.1 Å². The van der Waals surface area contributed by atoms with Crippen LogP contribution < -0.4 is 5.32 Å². The van der Waals surface area contributed by atoms with Gasteiger partial charge < -0.3 is 14.5 Å². The van der Waals surface area contributed by atoms with Crippen molar-refractivity contribution in [2.75, 3.05) is 5.75 Å². The summed E-state index contributed by atoms with van der Waals surface area (Å²) in [6.07, 6.45) is -0.959. The summed E-state index contributed by atoms with van der Waals surface area (Å²) in [5.74, 6) is -1.36. The van der Waals surface area contributed by atoms with E-state index in [1.807, 2.05) is 18.2 Å². The molecule has 0 saturated carbocycles. The van der Waals surface area contributed by atoms with E-state index in [0.29, 0.717) is 16.3 Å². The van der Waals surface area contributed by atoms with E-state index < -0.39 is 18.0 Å². The van der Waals surface area contributed by atoms with E-state index in [2.05, 4.69) is 10.3 Å². The summed E-state index contributed by atoms with van der Waals surface area (Å²) in [5.41, 5.74) is 2.10. The van der Waals surface area contributed by atoms with Crippen molar-refractivity contribution in [3.8, 4) is 0 Å². The Morgan fingerprint density at radius 1 is 1.18 bits per heavy atom. The first-order valence-electron chi connectivity index (χ1n) is 8.66. The van der Waals surface area contributed by atoms with Crippen LogP contribution in [0.1, 0.15) is 25.5 Å². The zero-order valence-corrected chi connectivity index (χ0v) is 16.2. The molecule has 3 aromatic rings. The fourth-order valence-electron chi connectivity index (χ4n) is 2.48. The highest BCUT2D eigenvalue weighted by Crippen LogP contribution is 2.23. The van der Waals surface area contributed by atoms with Crippen molar-refractivity contribution in [3.63, 3.8) is 0 Å². The molecule has 1 heterocycles. The number of carbonyl (C=O) groups is 2. The van der Waals surface area contributed by atoms with Crippen molar-refractivity contribution < 1.29 is 23.1 Å². The predicted octanol–water partition coefficient (Wildman–Crippen LogP) is 3.87. The second kappa shape index (κ2) is 8.88. The van der Waals surface area contributed by atoms with Gasteiger partial charge in [0.05, 0.1) is 6.04 Å². The number of ether oxygens (including phenoxy) is 1. The third kappa shape index (κ3) is 5.10. The number of halogens is 1. The molecular formula is C20H19FN2O4S. The predicted molar refractivity (Wildman–Crippen MR) is 103 cm³/mol. The van der Waals surface area contributed by atoms with Crippen LogP contribution >= 0.6 is 11.8 Å². The average Bonchev–Trinajstić information content (AvgIpc) is 3.09. The average molecular weight is 402 g/mol. The number of para-hydroxylation sites is 2. The van der Waals surface area contributed by atoms with Crippen molar-refractivity contribution in [1.29, 1.82) is 0 Å². The summed E-state index contributed by atoms with van der Waals surface area (Å²) in [4.78, 5) is 28.5. The minimum absolute atomic E-state index is 0.0298. The molecule has 0 aliphatic carbocycles. The van der Waals surface area contributed by atoms with Crippen LogP contribution in [-0.4, -0.2) is 28.7 Å². The van der Waals surface area contributed by atoms with E-state index in [0.717, 1.165) is 17.3 Å². The van der Waals surface area contributed by atoms with Crippen molar-refractivity contribution >= 4 is 34.7 Å². The van der Waals surface area contributed by atoms with Crippen LogP contribution in [0.2, 0.25) is 0 Å². The lowest BCUT2D eigenvalue weighted by atomic mass is 10.1. The first-order valence-corrected chi connectivity index (χ1v) is 9.64. The van der Waals surface area contributed by atoms with Gasteiger partial charge >= 0.3 is 5.97 Å². The first-order chi connectivity index (χ1) is 13.4. The Bertz CT molecular complexity index is 941. The number of aromatic nitrogens is 1. The van der Waals surface area contributed by atoms with Gasteiger partial charge in [0.25, 0.3) is 11.1 Å². The zero-order chi connectivity index (χ0) is 20.1. The monoisotopic (exact) mass is 402 g/mol. The maximum absolute atomic E-state index is 13.0. The van der Waals surface area contributed by atoms with Gasteiger partial charge in [-0.2, -0.15) is 0 Å². The molecule has 0 aliphatic heterocycles. The minimum atomic E-state index is -0.959. The van der Waals surface area contributed by atoms with Crippen LogP contribution in [0.5, 0.6) is 0 Å². The van der Waals surface area contributed by atoms with Gasteiger partial charge in [0.1, 0.15) is 17.1 Å². The maximum atomic E-state index is 13.0. The van der Waals surface area contributed by atoms with Crippen LogP contribution in [0.4, 0.5) is 4.39 Å². The summed E-state index contributed by atoms with van der Waals surface area (Å²) < 4.78 is 23.7. The van der Waals surface area contributed by atoms with Crippen LogP contribution in [0.3, 0.4) is 0 Å². The Morgan fingerprint density at radius 2 is 1.89 bits per heavy atom. The van der Waals surface area contributed by atoms with Gasteiger partial charge in [-0.15, -0.1) is 0 Å². The van der Waals surface area contributed by atoms with Gasteiger partial charge in [-0.05, 0) is 43.7 Å². The Labute approximate surface area is 165 Å². The topological polar surface area (TPSA) is 81.4 Å². The summed E-state index contributed by atoms with van der Waals surface area (Å²) in [5, 5.41) is 3.10. The third-order valence-corrected chi connectivity index (χ3v) is 4.80. The molecule has 1 N–H and O–H groups in total. The smallest absolute Gasteiger partial charge is 0.317 e. The van der Waals surface area contributed by atoms with E-state index in [9.17, 15) is 14.0 Å². The number of rotatable bonds is 7. The van der Waals surface area contributed by atoms with Gasteiger partial charge in [-0.25, -0.2) is 9.37 Å². The highest BCUT2D eigenvalue weighted by molar-refractivity contribution is 7.99. The normalized spacial score (nSPS) is 13.1. The molecule has 2 atom stereocenters. The summed E-state index contributed by atoms with van der Waals surface area (Å²) in [6.45, 7) is 3.26. The molecule has 6 nitrogen and oxygen atoms in total. The van der Waals surface area contributed by atoms with Crippen molar-refractivity contribution in [2.24, 2.45) is 0 Å². The van der Waals surface area contributed by atoms with Crippen LogP contribution in [0.25, 0.3) is 11.1 Å².